The fourth-order valence-corrected chi connectivity index (χ4v) is 3.37. The average molecular weight is 363 g/mol. The fourth-order valence-electron chi connectivity index (χ4n) is 3.37. The molecule has 2 aromatic carbocycles. The second kappa shape index (κ2) is 6.87. The van der Waals surface area contributed by atoms with Crippen molar-refractivity contribution in [2.45, 2.75) is 38.9 Å². The third-order valence-electron chi connectivity index (χ3n) is 4.99. The molecule has 1 fully saturated rings. The van der Waals surface area contributed by atoms with Crippen LogP contribution in [-0.2, 0) is 13.1 Å². The summed E-state index contributed by atoms with van der Waals surface area (Å²) in [5.74, 6) is -0.0798. The van der Waals surface area contributed by atoms with Crippen molar-refractivity contribution < 1.29 is 4.79 Å². The lowest BCUT2D eigenvalue weighted by Gasteiger charge is -2.23. The van der Waals surface area contributed by atoms with E-state index in [1.54, 1.807) is 25.1 Å². The van der Waals surface area contributed by atoms with Gasteiger partial charge in [0.2, 0.25) is 0 Å². The van der Waals surface area contributed by atoms with Crippen LogP contribution in [0.15, 0.2) is 58.1 Å². The standard InChI is InChI=1S/C21H21N3O3/c1-2-23-20(26)17-11-8-15(12-18(17)22-21(23)27)19(25)24(16-9-10-16)13-14-6-4-3-5-7-14/h3-8,11-12,16H,2,9-10,13H2,1H3,(H,22,27). The van der Waals surface area contributed by atoms with E-state index in [0.29, 0.717) is 29.6 Å². The number of nitrogens with zero attached hydrogens (tertiary/aromatic N) is 2. The number of hydrogen-bond acceptors (Lipinski definition) is 3. The number of H-pyrrole nitrogens is 1. The van der Waals surface area contributed by atoms with Gasteiger partial charge in [-0.15, -0.1) is 0 Å². The van der Waals surface area contributed by atoms with Gasteiger partial charge in [0.15, 0.2) is 0 Å². The first-order valence-corrected chi connectivity index (χ1v) is 9.20. The Morgan fingerprint density at radius 3 is 2.56 bits per heavy atom. The molecule has 0 radical (unpaired) electrons. The Balaban J connectivity index is 1.71. The van der Waals surface area contributed by atoms with E-state index in [9.17, 15) is 14.4 Å². The zero-order valence-corrected chi connectivity index (χ0v) is 15.1. The van der Waals surface area contributed by atoms with Crippen molar-refractivity contribution in [2.24, 2.45) is 0 Å². The van der Waals surface area contributed by atoms with Crippen LogP contribution >= 0.6 is 0 Å². The molecule has 0 aliphatic heterocycles. The van der Waals surface area contributed by atoms with Crippen molar-refractivity contribution in [3.8, 4) is 0 Å². The van der Waals surface area contributed by atoms with Gasteiger partial charge in [-0.05, 0) is 43.5 Å². The zero-order chi connectivity index (χ0) is 19.0. The van der Waals surface area contributed by atoms with Gasteiger partial charge < -0.3 is 9.88 Å². The number of rotatable bonds is 5. The minimum absolute atomic E-state index is 0.0798. The molecule has 0 unspecified atom stereocenters. The molecule has 1 aliphatic rings. The van der Waals surface area contributed by atoms with Crippen LogP contribution in [0.2, 0.25) is 0 Å². The minimum atomic E-state index is -0.456. The van der Waals surface area contributed by atoms with E-state index >= 15 is 0 Å². The highest BCUT2D eigenvalue weighted by Gasteiger charge is 2.33. The molecule has 1 aromatic heterocycles. The van der Waals surface area contributed by atoms with Gasteiger partial charge in [0.05, 0.1) is 10.9 Å². The minimum Gasteiger partial charge on any atom is -0.331 e. The maximum absolute atomic E-state index is 13.1. The number of nitrogens with one attached hydrogen (secondary N) is 1. The quantitative estimate of drug-likeness (QED) is 0.757. The zero-order valence-electron chi connectivity index (χ0n) is 15.1. The predicted molar refractivity (Wildman–Crippen MR) is 104 cm³/mol. The number of aromatic amines is 1. The van der Waals surface area contributed by atoms with Gasteiger partial charge in [-0.3, -0.25) is 14.2 Å². The Labute approximate surface area is 156 Å². The first-order chi connectivity index (χ1) is 13.1. The summed E-state index contributed by atoms with van der Waals surface area (Å²) < 4.78 is 1.15. The Kier molecular flexibility index (Phi) is 4.39. The van der Waals surface area contributed by atoms with Crippen molar-refractivity contribution in [3.05, 3.63) is 80.5 Å². The van der Waals surface area contributed by atoms with E-state index in [1.807, 2.05) is 35.2 Å². The number of hydrogen-bond donors (Lipinski definition) is 1. The van der Waals surface area contributed by atoms with E-state index < -0.39 is 5.69 Å². The number of fused-ring (bicyclic) bond motifs is 1. The molecule has 6 heteroatoms. The number of carbonyl (C=O) groups is 1. The molecule has 1 N–H and O–H groups in total. The Bertz CT molecular complexity index is 1110. The molecule has 0 spiro atoms. The average Bonchev–Trinajstić information content (AvgIpc) is 3.51. The maximum atomic E-state index is 13.1. The van der Waals surface area contributed by atoms with E-state index in [-0.39, 0.29) is 17.5 Å². The second-order valence-corrected chi connectivity index (χ2v) is 6.89. The largest absolute Gasteiger partial charge is 0.331 e. The highest BCUT2D eigenvalue weighted by Crippen LogP contribution is 2.30. The summed E-state index contributed by atoms with van der Waals surface area (Å²) in [6.45, 7) is 2.60. The predicted octanol–water partition coefficient (Wildman–Crippen LogP) is 2.51. The highest BCUT2D eigenvalue weighted by atomic mass is 16.2. The normalized spacial score (nSPS) is 13.7. The topological polar surface area (TPSA) is 75.2 Å². The molecule has 6 nitrogen and oxygen atoms in total. The molecule has 0 atom stereocenters. The van der Waals surface area contributed by atoms with Crippen LogP contribution in [0.25, 0.3) is 10.9 Å². The van der Waals surface area contributed by atoms with Gasteiger partial charge >= 0.3 is 5.69 Å². The van der Waals surface area contributed by atoms with Gasteiger partial charge in [-0.2, -0.15) is 0 Å². The summed E-state index contributed by atoms with van der Waals surface area (Å²) >= 11 is 0. The van der Waals surface area contributed by atoms with Crippen molar-refractivity contribution in [3.63, 3.8) is 0 Å². The van der Waals surface area contributed by atoms with Gasteiger partial charge in [0, 0.05) is 24.7 Å². The van der Waals surface area contributed by atoms with Crippen LogP contribution in [-0.4, -0.2) is 26.4 Å². The van der Waals surface area contributed by atoms with Crippen LogP contribution < -0.4 is 11.2 Å². The molecule has 1 aliphatic carbocycles. The summed E-state index contributed by atoms with van der Waals surface area (Å²) in [4.78, 5) is 42.2. The first-order valence-electron chi connectivity index (χ1n) is 9.20. The number of benzene rings is 2. The maximum Gasteiger partial charge on any atom is 0.328 e. The molecule has 1 heterocycles. The third-order valence-corrected chi connectivity index (χ3v) is 4.99. The molecule has 27 heavy (non-hydrogen) atoms. The van der Waals surface area contributed by atoms with Crippen LogP contribution in [0.4, 0.5) is 0 Å². The van der Waals surface area contributed by atoms with Crippen molar-refractivity contribution in [1.29, 1.82) is 0 Å². The lowest BCUT2D eigenvalue weighted by atomic mass is 10.1. The summed E-state index contributed by atoms with van der Waals surface area (Å²) in [6, 6.07) is 15.1. The number of aromatic nitrogens is 2. The molecule has 4 rings (SSSR count). The van der Waals surface area contributed by atoms with E-state index in [1.165, 1.54) is 0 Å². The Morgan fingerprint density at radius 1 is 1.15 bits per heavy atom. The van der Waals surface area contributed by atoms with Crippen molar-refractivity contribution in [1.82, 2.24) is 14.5 Å². The lowest BCUT2D eigenvalue weighted by Crippen LogP contribution is -2.35. The fraction of sp³-hybridized carbons (Fsp3) is 0.286. The van der Waals surface area contributed by atoms with Crippen LogP contribution in [0.1, 0.15) is 35.7 Å². The van der Waals surface area contributed by atoms with Gasteiger partial charge in [0.25, 0.3) is 11.5 Å². The smallest absolute Gasteiger partial charge is 0.328 e. The van der Waals surface area contributed by atoms with E-state index in [4.69, 9.17) is 0 Å². The summed E-state index contributed by atoms with van der Waals surface area (Å²) in [5, 5.41) is 0.411. The number of carbonyl (C=O) groups excluding carboxylic acids is 1. The molecular weight excluding hydrogens is 342 g/mol. The first kappa shape index (κ1) is 17.3. The van der Waals surface area contributed by atoms with Crippen LogP contribution in [0.5, 0.6) is 0 Å². The monoisotopic (exact) mass is 363 g/mol. The molecule has 1 saturated carbocycles. The van der Waals surface area contributed by atoms with Gasteiger partial charge in [0.1, 0.15) is 0 Å². The van der Waals surface area contributed by atoms with E-state index in [2.05, 4.69) is 4.98 Å². The number of amides is 1. The third kappa shape index (κ3) is 3.30. The Morgan fingerprint density at radius 2 is 1.89 bits per heavy atom. The van der Waals surface area contributed by atoms with E-state index in [0.717, 1.165) is 23.0 Å². The van der Waals surface area contributed by atoms with Gasteiger partial charge in [-0.25, -0.2) is 4.79 Å². The molecule has 138 valence electrons. The highest BCUT2D eigenvalue weighted by molar-refractivity contribution is 5.98. The summed E-state index contributed by atoms with van der Waals surface area (Å²) in [7, 11) is 0. The molecule has 3 aromatic rings. The summed E-state index contributed by atoms with van der Waals surface area (Å²) in [5.41, 5.74) is 1.17. The second-order valence-electron chi connectivity index (χ2n) is 6.89. The lowest BCUT2D eigenvalue weighted by molar-refractivity contribution is 0.0730. The molecule has 0 saturated heterocycles. The van der Waals surface area contributed by atoms with Crippen molar-refractivity contribution in [2.75, 3.05) is 0 Å². The summed E-state index contributed by atoms with van der Waals surface area (Å²) in [6.07, 6.45) is 2.01. The van der Waals surface area contributed by atoms with Crippen molar-refractivity contribution >= 4 is 16.8 Å². The Hall–Kier alpha value is -3.15. The van der Waals surface area contributed by atoms with Crippen LogP contribution in [0, 0.1) is 0 Å². The molecule has 1 amide bonds. The van der Waals surface area contributed by atoms with Gasteiger partial charge in [-0.1, -0.05) is 30.3 Å². The van der Waals surface area contributed by atoms with Crippen LogP contribution in [0.3, 0.4) is 0 Å². The SMILES string of the molecule is CCn1c(=O)[nH]c2cc(C(=O)N(Cc3ccccc3)C3CC3)ccc2c1=O. The molecular formula is C21H21N3O3. The molecule has 0 bridgehead atoms.